The van der Waals surface area contributed by atoms with Crippen LogP contribution >= 0.6 is 0 Å². The van der Waals surface area contributed by atoms with Crippen molar-refractivity contribution in [1.82, 2.24) is 0 Å². The summed E-state index contributed by atoms with van der Waals surface area (Å²) in [6, 6.07) is 0. The Morgan fingerprint density at radius 3 is 1.00 bits per heavy atom. The van der Waals surface area contributed by atoms with Gasteiger partial charge in [-0.2, -0.15) is 0 Å². The van der Waals surface area contributed by atoms with Gasteiger partial charge >= 0.3 is 206 Å². The van der Waals surface area contributed by atoms with Crippen molar-refractivity contribution in [3.63, 3.8) is 0 Å². The van der Waals surface area contributed by atoms with Crippen molar-refractivity contribution in [3.05, 3.63) is 0 Å². The van der Waals surface area contributed by atoms with Gasteiger partial charge in [0.05, 0.1) is 0 Å². The molecular weight excluding hydrogens is 216 g/mol. The minimum atomic E-state index is -2.33. The fraction of sp³-hybridized carbons (Fsp3) is 0. The van der Waals surface area contributed by atoms with Crippen molar-refractivity contribution in [2.75, 3.05) is 0 Å². The fourth-order valence-electron chi connectivity index (χ4n) is 0. The van der Waals surface area contributed by atoms with Gasteiger partial charge in [0.25, 0.3) is 0 Å². The molecular formula is CH2K4O3. The molecule has 3 nitrogen and oxygen atoms in total. The van der Waals surface area contributed by atoms with Crippen molar-refractivity contribution in [3.8, 4) is 0 Å². The van der Waals surface area contributed by atoms with E-state index in [9.17, 15) is 0 Å². The molecule has 8 heavy (non-hydrogen) atoms. The maximum absolute atomic E-state index is 8.33. The Balaban J connectivity index is -0.00000000300. The minimum Gasteiger partial charge on any atom is -1.00 e. The first-order valence-electron chi connectivity index (χ1n) is 0.612. The maximum atomic E-state index is 8.33. The average Bonchev–Trinajstić information content (AvgIpc) is 0.811. The largest absolute Gasteiger partial charge is 1.00 e. The third kappa shape index (κ3) is 40.9. The number of rotatable bonds is 0. The van der Waals surface area contributed by atoms with Crippen LogP contribution in [0.5, 0.6) is 0 Å². The average molecular weight is 218 g/mol. The molecule has 0 heterocycles. The van der Waals surface area contributed by atoms with Crippen LogP contribution in [0.1, 0.15) is 2.85 Å². The summed E-state index contributed by atoms with van der Waals surface area (Å²) < 4.78 is 0. The van der Waals surface area contributed by atoms with Crippen LogP contribution in [0.2, 0.25) is 0 Å². The summed E-state index contributed by atoms with van der Waals surface area (Å²) in [6.07, 6.45) is -2.33. The number of hydrogen-bond donors (Lipinski definition) is 0. The molecule has 0 spiro atoms. The molecule has 0 aromatic rings. The predicted octanol–water partition coefficient (Wildman–Crippen LogP) is -14.2. The van der Waals surface area contributed by atoms with Crippen LogP contribution in [-0.2, 0) is 0 Å². The zero-order valence-electron chi connectivity index (χ0n) is 7.72. The maximum Gasteiger partial charge on any atom is 1.00 e. The molecule has 0 unspecified atom stereocenters. The van der Waals surface area contributed by atoms with Gasteiger partial charge in [0, 0.05) is 0 Å². The van der Waals surface area contributed by atoms with E-state index in [0.717, 1.165) is 0 Å². The topological polar surface area (TPSA) is 63.2 Å². The Hall–Kier alpha value is 5.82. The first-order chi connectivity index (χ1) is 1.73. The molecule has 0 radical (unpaired) electrons. The van der Waals surface area contributed by atoms with Crippen molar-refractivity contribution in [2.45, 2.75) is 0 Å². The molecule has 0 fully saturated rings. The first kappa shape index (κ1) is 29.2. The number of hydrogen-bond acceptors (Lipinski definition) is 3. The monoisotopic (exact) mass is 218 g/mol. The van der Waals surface area contributed by atoms with E-state index < -0.39 is 6.16 Å². The SMILES string of the molecule is O=C([O-])[O-].[H-].[H-].[K+].[K+].[K+].[K+]. The molecule has 28 valence electrons. The van der Waals surface area contributed by atoms with Gasteiger partial charge in [-0.1, -0.05) is 0 Å². The predicted molar refractivity (Wildman–Crippen MR) is 7.62 cm³/mol. The van der Waals surface area contributed by atoms with Gasteiger partial charge in [-0.15, -0.1) is 0 Å². The van der Waals surface area contributed by atoms with Gasteiger partial charge in [0.1, 0.15) is 0 Å². The summed E-state index contributed by atoms with van der Waals surface area (Å²) in [5, 5.41) is 16.7. The molecule has 0 amide bonds. The van der Waals surface area contributed by atoms with Crippen LogP contribution in [0.3, 0.4) is 0 Å². The molecule has 0 aromatic carbocycles. The van der Waals surface area contributed by atoms with Crippen LogP contribution < -0.4 is 216 Å². The normalized spacial score (nSPS) is 3.00. The summed E-state index contributed by atoms with van der Waals surface area (Å²) in [6.45, 7) is 0. The smallest absolute Gasteiger partial charge is 1.00 e. The van der Waals surface area contributed by atoms with E-state index in [0.29, 0.717) is 0 Å². The first-order valence-corrected chi connectivity index (χ1v) is 0.612. The summed E-state index contributed by atoms with van der Waals surface area (Å²) in [5.41, 5.74) is 0. The van der Waals surface area contributed by atoms with Gasteiger partial charge in [0.2, 0.25) is 0 Å². The number of carboxylic acid groups (broad SMARTS) is 2. The van der Waals surface area contributed by atoms with Crippen molar-refractivity contribution < 1.29 is 223 Å². The molecule has 0 atom stereocenters. The van der Waals surface area contributed by atoms with Gasteiger partial charge in [0.15, 0.2) is 0 Å². The Morgan fingerprint density at radius 2 is 1.00 bits per heavy atom. The molecule has 0 aromatic heterocycles. The third-order valence-electron chi connectivity index (χ3n) is 0. The molecule has 0 saturated carbocycles. The van der Waals surface area contributed by atoms with Crippen LogP contribution in [0.15, 0.2) is 0 Å². The second kappa shape index (κ2) is 23.0. The van der Waals surface area contributed by atoms with E-state index >= 15 is 0 Å². The van der Waals surface area contributed by atoms with E-state index in [4.69, 9.17) is 15.0 Å². The van der Waals surface area contributed by atoms with E-state index in [2.05, 4.69) is 0 Å². The Labute approximate surface area is 221 Å². The van der Waals surface area contributed by atoms with E-state index in [1.165, 1.54) is 0 Å². The zero-order chi connectivity index (χ0) is 3.58. The van der Waals surface area contributed by atoms with E-state index in [1.807, 2.05) is 0 Å². The molecule has 7 heteroatoms. The van der Waals surface area contributed by atoms with Gasteiger partial charge in [-0.25, -0.2) is 0 Å². The quantitative estimate of drug-likeness (QED) is 0.379. The van der Waals surface area contributed by atoms with Gasteiger partial charge in [-0.05, 0) is 6.16 Å². The second-order valence-electron chi connectivity index (χ2n) is 0.250. The summed E-state index contributed by atoms with van der Waals surface area (Å²) in [4.78, 5) is 8.33. The minimum absolute atomic E-state index is 0. The van der Waals surface area contributed by atoms with Crippen molar-refractivity contribution >= 4 is 6.16 Å². The second-order valence-corrected chi connectivity index (χ2v) is 0.250. The van der Waals surface area contributed by atoms with Crippen LogP contribution in [0.25, 0.3) is 0 Å². The molecule has 0 saturated heterocycles. The van der Waals surface area contributed by atoms with Crippen molar-refractivity contribution in [1.29, 1.82) is 0 Å². The van der Waals surface area contributed by atoms with Crippen LogP contribution in [-0.4, -0.2) is 6.16 Å². The van der Waals surface area contributed by atoms with Gasteiger partial charge < -0.3 is 17.9 Å². The van der Waals surface area contributed by atoms with E-state index in [1.54, 1.807) is 0 Å². The van der Waals surface area contributed by atoms with Crippen LogP contribution in [0, 0.1) is 0 Å². The molecule has 0 aliphatic carbocycles. The molecule has 0 bridgehead atoms. The fourth-order valence-corrected chi connectivity index (χ4v) is 0. The summed E-state index contributed by atoms with van der Waals surface area (Å²) in [5.74, 6) is 0. The van der Waals surface area contributed by atoms with Crippen LogP contribution in [0.4, 0.5) is 4.79 Å². The standard InChI is InChI=1S/CH2O3.4K.2H/c2-1(3)4;;;;;;/h(H2,2,3,4);;;;;;/q;4*+1;2*-1/p-2. The van der Waals surface area contributed by atoms with Gasteiger partial charge in [-0.3, -0.25) is 0 Å². The zero-order valence-corrected chi connectivity index (χ0v) is 18.2. The number of carbonyl (C=O) groups excluding carboxylic acids is 1. The summed E-state index contributed by atoms with van der Waals surface area (Å²) >= 11 is 0. The molecule has 0 rings (SSSR count). The Morgan fingerprint density at radius 1 is 1.00 bits per heavy atom. The molecule has 0 aliphatic rings. The molecule has 0 aliphatic heterocycles. The third-order valence-corrected chi connectivity index (χ3v) is 0. The van der Waals surface area contributed by atoms with E-state index in [-0.39, 0.29) is 208 Å². The molecule has 0 N–H and O–H groups in total. The summed E-state index contributed by atoms with van der Waals surface area (Å²) in [7, 11) is 0. The van der Waals surface area contributed by atoms with Crippen molar-refractivity contribution in [2.24, 2.45) is 0 Å². The number of carbonyl (C=O) groups is 1. The Kier molecular flexibility index (Phi) is 84.0. The Bertz CT molecular complexity index is 41.5.